The molecule has 1 fully saturated rings. The number of ether oxygens (including phenoxy) is 3. The predicted octanol–water partition coefficient (Wildman–Crippen LogP) is 5.37. The molecule has 0 bridgehead atoms. The number of aliphatic hydroxyl groups is 1. The molecule has 0 unspecified atom stereocenters. The third-order valence-electron chi connectivity index (χ3n) is 6.71. The molecule has 1 aromatic heterocycles. The SMILES string of the molecule is CCCOc1cccc([C@@H]2/C(=C(\O)c3ccc4c(c3)C[C@H](C)O4)C(=O)C(=O)N2c2nc(C)c(C(=O)OCC)s2)c1. The van der Waals surface area contributed by atoms with Gasteiger partial charge < -0.3 is 19.3 Å². The summed E-state index contributed by atoms with van der Waals surface area (Å²) < 4.78 is 16.7. The summed E-state index contributed by atoms with van der Waals surface area (Å²) in [7, 11) is 0. The number of aliphatic hydroxyl groups excluding tert-OH is 1. The molecule has 2 aromatic carbocycles. The Morgan fingerprint density at radius 2 is 2.00 bits per heavy atom. The second-order valence-electron chi connectivity index (χ2n) is 9.68. The molecule has 1 saturated heterocycles. The van der Waals surface area contributed by atoms with Crippen LogP contribution in [0.4, 0.5) is 5.13 Å². The number of carbonyl (C=O) groups is 3. The van der Waals surface area contributed by atoms with Crippen molar-refractivity contribution in [2.45, 2.75) is 52.7 Å². The van der Waals surface area contributed by atoms with E-state index >= 15 is 0 Å². The number of anilines is 1. The maximum absolute atomic E-state index is 13.6. The van der Waals surface area contributed by atoms with Gasteiger partial charge in [0.05, 0.1) is 30.5 Å². The molecule has 2 atom stereocenters. The average molecular weight is 563 g/mol. The molecule has 1 amide bonds. The standard InChI is InChI=1S/C30H30N2O7S/c1-5-12-38-21-9-7-8-18(15-21)24-23(25(33)19-10-11-22-20(14-19)13-16(3)39-22)26(34)28(35)32(24)30-31-17(4)27(40-30)29(36)37-6-2/h7-11,14-16,24,33H,5-6,12-13H2,1-4H3/b25-23+/t16-,24+/m0/s1. The Balaban J connectivity index is 1.66. The summed E-state index contributed by atoms with van der Waals surface area (Å²) in [6, 6.07) is 11.3. The Bertz CT molecular complexity index is 1530. The molecular formula is C30H30N2O7S. The number of ketones is 1. The van der Waals surface area contributed by atoms with Crippen LogP contribution in [0, 0.1) is 6.92 Å². The Kier molecular flexibility index (Phi) is 7.62. The Morgan fingerprint density at radius 1 is 1.20 bits per heavy atom. The van der Waals surface area contributed by atoms with Gasteiger partial charge in [-0.2, -0.15) is 0 Å². The number of nitrogens with zero attached hydrogens (tertiary/aromatic N) is 2. The van der Waals surface area contributed by atoms with Gasteiger partial charge in [0.2, 0.25) is 0 Å². The first kappa shape index (κ1) is 27.4. The lowest BCUT2D eigenvalue weighted by molar-refractivity contribution is -0.132. The van der Waals surface area contributed by atoms with Crippen LogP contribution in [-0.4, -0.2) is 47.1 Å². The van der Waals surface area contributed by atoms with Crippen LogP contribution in [0.15, 0.2) is 48.0 Å². The summed E-state index contributed by atoms with van der Waals surface area (Å²) in [6.45, 7) is 7.98. The van der Waals surface area contributed by atoms with Crippen molar-refractivity contribution in [1.82, 2.24) is 4.98 Å². The molecule has 0 spiro atoms. The van der Waals surface area contributed by atoms with Crippen LogP contribution >= 0.6 is 11.3 Å². The summed E-state index contributed by atoms with van der Waals surface area (Å²) in [6.07, 6.45) is 1.48. The van der Waals surface area contributed by atoms with Crippen molar-refractivity contribution >= 4 is 39.9 Å². The van der Waals surface area contributed by atoms with Gasteiger partial charge in [-0.15, -0.1) is 0 Å². The monoisotopic (exact) mass is 562 g/mol. The van der Waals surface area contributed by atoms with Gasteiger partial charge in [-0.25, -0.2) is 9.78 Å². The molecule has 0 saturated carbocycles. The van der Waals surface area contributed by atoms with E-state index in [0.29, 0.717) is 35.6 Å². The Morgan fingerprint density at radius 3 is 2.75 bits per heavy atom. The highest BCUT2D eigenvalue weighted by atomic mass is 32.1. The number of rotatable bonds is 8. The highest BCUT2D eigenvalue weighted by Crippen LogP contribution is 2.45. The summed E-state index contributed by atoms with van der Waals surface area (Å²) in [4.78, 5) is 45.6. The van der Waals surface area contributed by atoms with E-state index in [9.17, 15) is 19.5 Å². The van der Waals surface area contributed by atoms with E-state index in [1.165, 1.54) is 4.90 Å². The first-order valence-electron chi connectivity index (χ1n) is 13.2. The second-order valence-corrected chi connectivity index (χ2v) is 10.7. The van der Waals surface area contributed by atoms with Crippen LogP contribution in [0.2, 0.25) is 0 Å². The number of hydrogen-bond acceptors (Lipinski definition) is 9. The molecule has 10 heteroatoms. The molecule has 208 valence electrons. The Hall–Kier alpha value is -4.18. The van der Waals surface area contributed by atoms with Gasteiger partial charge >= 0.3 is 11.9 Å². The van der Waals surface area contributed by atoms with Gasteiger partial charge in [0.25, 0.3) is 5.78 Å². The van der Waals surface area contributed by atoms with Gasteiger partial charge in [-0.1, -0.05) is 30.4 Å². The predicted molar refractivity (Wildman–Crippen MR) is 150 cm³/mol. The number of aromatic nitrogens is 1. The molecule has 0 aliphatic carbocycles. The average Bonchev–Trinajstić information content (AvgIpc) is 3.59. The second kappa shape index (κ2) is 11.1. The molecule has 3 heterocycles. The molecule has 1 N–H and O–H groups in total. The third kappa shape index (κ3) is 4.95. The van der Waals surface area contributed by atoms with Crippen LogP contribution in [0.5, 0.6) is 11.5 Å². The van der Waals surface area contributed by atoms with Crippen LogP contribution in [-0.2, 0) is 20.7 Å². The van der Waals surface area contributed by atoms with Crippen LogP contribution < -0.4 is 14.4 Å². The minimum absolute atomic E-state index is 0.00516. The van der Waals surface area contributed by atoms with Gasteiger partial charge in [0, 0.05) is 12.0 Å². The first-order chi connectivity index (χ1) is 19.2. The van der Waals surface area contributed by atoms with E-state index in [4.69, 9.17) is 14.2 Å². The number of hydrogen-bond donors (Lipinski definition) is 1. The van der Waals surface area contributed by atoms with Crippen molar-refractivity contribution < 1.29 is 33.7 Å². The van der Waals surface area contributed by atoms with Crippen molar-refractivity contribution in [2.24, 2.45) is 0 Å². The zero-order chi connectivity index (χ0) is 28.6. The van der Waals surface area contributed by atoms with Gasteiger partial charge in [0.15, 0.2) is 5.13 Å². The summed E-state index contributed by atoms with van der Waals surface area (Å²) in [5.41, 5.74) is 2.17. The number of amides is 1. The zero-order valence-electron chi connectivity index (χ0n) is 22.7. The molecule has 9 nitrogen and oxygen atoms in total. The topological polar surface area (TPSA) is 115 Å². The number of esters is 1. The zero-order valence-corrected chi connectivity index (χ0v) is 23.5. The molecule has 40 heavy (non-hydrogen) atoms. The fourth-order valence-electron chi connectivity index (χ4n) is 4.94. The Labute approximate surface area is 236 Å². The van der Waals surface area contributed by atoms with E-state index in [0.717, 1.165) is 29.1 Å². The maximum Gasteiger partial charge on any atom is 0.350 e. The third-order valence-corrected chi connectivity index (χ3v) is 7.85. The van der Waals surface area contributed by atoms with Crippen molar-refractivity contribution in [3.05, 3.63) is 75.3 Å². The molecule has 2 aliphatic rings. The van der Waals surface area contributed by atoms with E-state index in [1.807, 2.05) is 13.8 Å². The number of fused-ring (bicyclic) bond motifs is 1. The minimum Gasteiger partial charge on any atom is -0.507 e. The van der Waals surface area contributed by atoms with Gasteiger partial charge in [0.1, 0.15) is 28.2 Å². The molecular weight excluding hydrogens is 532 g/mol. The summed E-state index contributed by atoms with van der Waals surface area (Å²) in [5.74, 6) is -1.26. The number of benzene rings is 2. The molecule has 5 rings (SSSR count). The van der Waals surface area contributed by atoms with E-state index in [1.54, 1.807) is 56.3 Å². The fourth-order valence-corrected chi connectivity index (χ4v) is 5.92. The van der Waals surface area contributed by atoms with Crippen LogP contribution in [0.1, 0.15) is 65.3 Å². The molecule has 3 aromatic rings. The lowest BCUT2D eigenvalue weighted by Gasteiger charge is -2.23. The smallest absolute Gasteiger partial charge is 0.350 e. The van der Waals surface area contributed by atoms with E-state index in [2.05, 4.69) is 4.98 Å². The lowest BCUT2D eigenvalue weighted by Crippen LogP contribution is -2.29. The molecule has 0 radical (unpaired) electrons. The normalized spacial score (nSPS) is 19.4. The highest BCUT2D eigenvalue weighted by Gasteiger charge is 2.48. The minimum atomic E-state index is -1.01. The van der Waals surface area contributed by atoms with Crippen molar-refractivity contribution in [3.8, 4) is 11.5 Å². The van der Waals surface area contributed by atoms with Gasteiger partial charge in [-0.3, -0.25) is 14.5 Å². The van der Waals surface area contributed by atoms with E-state index < -0.39 is 23.7 Å². The van der Waals surface area contributed by atoms with Gasteiger partial charge in [-0.05, 0) is 68.7 Å². The van der Waals surface area contributed by atoms with Crippen molar-refractivity contribution in [2.75, 3.05) is 18.1 Å². The van der Waals surface area contributed by atoms with E-state index in [-0.39, 0.29) is 34.1 Å². The van der Waals surface area contributed by atoms with Crippen LogP contribution in [0.25, 0.3) is 5.76 Å². The fraction of sp³-hybridized carbons (Fsp3) is 0.333. The maximum atomic E-state index is 13.6. The van der Waals surface area contributed by atoms with Crippen molar-refractivity contribution in [3.63, 3.8) is 0 Å². The summed E-state index contributed by atoms with van der Waals surface area (Å²) in [5, 5.41) is 11.7. The van der Waals surface area contributed by atoms with Crippen molar-refractivity contribution in [1.29, 1.82) is 0 Å². The quantitative estimate of drug-likeness (QED) is 0.169. The van der Waals surface area contributed by atoms with Crippen LogP contribution in [0.3, 0.4) is 0 Å². The first-order valence-corrected chi connectivity index (χ1v) is 14.0. The largest absolute Gasteiger partial charge is 0.507 e. The summed E-state index contributed by atoms with van der Waals surface area (Å²) >= 11 is 0.968. The number of Topliss-reactive ketones (excluding diaryl/α,β-unsaturated/α-hetero) is 1. The number of carbonyl (C=O) groups excluding carboxylic acids is 3. The molecule has 2 aliphatic heterocycles. The number of aryl methyl sites for hydroxylation is 1. The highest BCUT2D eigenvalue weighted by molar-refractivity contribution is 7.17. The lowest BCUT2D eigenvalue weighted by atomic mass is 9.94. The number of thiazole rings is 1.